The van der Waals surface area contributed by atoms with Crippen LogP contribution in [0, 0.1) is 0 Å². The molecule has 11 heavy (non-hydrogen) atoms. The van der Waals surface area contributed by atoms with Crippen molar-refractivity contribution in [1.82, 2.24) is 0 Å². The second-order valence-electron chi connectivity index (χ2n) is 2.13. The van der Waals surface area contributed by atoms with Crippen LogP contribution in [0.4, 0.5) is 0 Å². The van der Waals surface area contributed by atoms with E-state index in [1.807, 2.05) is 0 Å². The first kappa shape index (κ1) is 10.7. The number of aliphatic hydroxyl groups excluding tert-OH is 1. The maximum Gasteiger partial charge on any atom is 0.305 e. The molecule has 4 heteroatoms. The largest absolute Gasteiger partial charge is 0.466 e. The van der Waals surface area contributed by atoms with Gasteiger partial charge in [-0.2, -0.15) is 0 Å². The van der Waals surface area contributed by atoms with Crippen LogP contribution in [-0.4, -0.2) is 23.2 Å². The van der Waals surface area contributed by atoms with Gasteiger partial charge >= 0.3 is 5.97 Å². The van der Waals surface area contributed by atoms with E-state index < -0.39 is 5.56 Å². The summed E-state index contributed by atoms with van der Waals surface area (Å²) in [5, 5.41) is 8.61. The third-order valence-electron chi connectivity index (χ3n) is 1.13. The van der Waals surface area contributed by atoms with E-state index >= 15 is 0 Å². The van der Waals surface area contributed by atoms with Crippen LogP contribution in [0.5, 0.6) is 0 Å². The Morgan fingerprint density at radius 1 is 1.73 bits per heavy atom. The summed E-state index contributed by atoms with van der Waals surface area (Å²) >= 11 is 5.24. The average Bonchev–Trinajstić information content (AvgIpc) is 1.87. The summed E-state index contributed by atoms with van der Waals surface area (Å²) in [6, 6.07) is 0. The van der Waals surface area contributed by atoms with Gasteiger partial charge < -0.3 is 9.84 Å². The SMILES string of the molecule is CCOC(=O)CCCC(O)Cl. The van der Waals surface area contributed by atoms with Crippen LogP contribution < -0.4 is 0 Å². The lowest BCUT2D eigenvalue weighted by atomic mass is 10.2. The number of carbonyl (C=O) groups is 1. The van der Waals surface area contributed by atoms with Gasteiger partial charge in [-0.05, 0) is 19.8 Å². The van der Waals surface area contributed by atoms with Crippen LogP contribution in [0.25, 0.3) is 0 Å². The van der Waals surface area contributed by atoms with E-state index in [0.29, 0.717) is 25.9 Å². The lowest BCUT2D eigenvalue weighted by Crippen LogP contribution is -2.05. The van der Waals surface area contributed by atoms with Gasteiger partial charge in [0.1, 0.15) is 5.56 Å². The fourth-order valence-electron chi connectivity index (χ4n) is 0.648. The minimum Gasteiger partial charge on any atom is -0.466 e. The molecule has 1 N–H and O–H groups in total. The third-order valence-corrected chi connectivity index (χ3v) is 1.35. The van der Waals surface area contributed by atoms with Gasteiger partial charge in [0.25, 0.3) is 0 Å². The Morgan fingerprint density at radius 2 is 2.36 bits per heavy atom. The van der Waals surface area contributed by atoms with Crippen LogP contribution in [0.2, 0.25) is 0 Å². The average molecular weight is 181 g/mol. The molecular weight excluding hydrogens is 168 g/mol. The number of alkyl halides is 1. The molecule has 0 aromatic carbocycles. The Bertz CT molecular complexity index is 114. The first-order valence-electron chi connectivity index (χ1n) is 3.64. The molecule has 0 aliphatic heterocycles. The molecule has 0 aromatic heterocycles. The monoisotopic (exact) mass is 180 g/mol. The molecule has 0 heterocycles. The molecule has 0 amide bonds. The first-order valence-corrected chi connectivity index (χ1v) is 4.08. The minimum atomic E-state index is -0.843. The van der Waals surface area contributed by atoms with Gasteiger partial charge in [0.05, 0.1) is 6.61 Å². The molecule has 1 atom stereocenters. The number of carbonyl (C=O) groups excluding carboxylic acids is 1. The van der Waals surface area contributed by atoms with Gasteiger partial charge in [0, 0.05) is 6.42 Å². The van der Waals surface area contributed by atoms with E-state index in [1.54, 1.807) is 6.92 Å². The zero-order valence-corrected chi connectivity index (χ0v) is 7.30. The first-order chi connectivity index (χ1) is 5.16. The lowest BCUT2D eigenvalue weighted by Gasteiger charge is -2.01. The van der Waals surface area contributed by atoms with Gasteiger partial charge in [0.15, 0.2) is 0 Å². The summed E-state index contributed by atoms with van der Waals surface area (Å²) in [6.07, 6.45) is 1.33. The van der Waals surface area contributed by atoms with Crippen molar-refractivity contribution >= 4 is 17.6 Å². The second-order valence-corrected chi connectivity index (χ2v) is 2.64. The molecule has 0 saturated carbocycles. The topological polar surface area (TPSA) is 46.5 Å². The lowest BCUT2D eigenvalue weighted by molar-refractivity contribution is -0.143. The number of hydrogen-bond donors (Lipinski definition) is 1. The van der Waals surface area contributed by atoms with Gasteiger partial charge in [-0.25, -0.2) is 0 Å². The zero-order chi connectivity index (χ0) is 8.69. The van der Waals surface area contributed by atoms with Crippen LogP contribution in [0.15, 0.2) is 0 Å². The van der Waals surface area contributed by atoms with Crippen molar-refractivity contribution in [3.05, 3.63) is 0 Å². The molecule has 0 bridgehead atoms. The van der Waals surface area contributed by atoms with Crippen LogP contribution in [0.3, 0.4) is 0 Å². The van der Waals surface area contributed by atoms with Crippen molar-refractivity contribution in [3.8, 4) is 0 Å². The molecule has 0 aliphatic carbocycles. The van der Waals surface area contributed by atoms with E-state index in [0.717, 1.165) is 0 Å². The third kappa shape index (κ3) is 7.62. The Hall–Kier alpha value is -0.280. The molecule has 0 aromatic rings. The smallest absolute Gasteiger partial charge is 0.305 e. The Kier molecular flexibility index (Phi) is 6.27. The number of ether oxygens (including phenoxy) is 1. The zero-order valence-electron chi connectivity index (χ0n) is 6.55. The van der Waals surface area contributed by atoms with Crippen molar-refractivity contribution in [2.24, 2.45) is 0 Å². The molecule has 0 aliphatic rings. The Morgan fingerprint density at radius 3 is 2.82 bits per heavy atom. The maximum absolute atomic E-state index is 10.7. The van der Waals surface area contributed by atoms with E-state index in [-0.39, 0.29) is 5.97 Å². The number of aliphatic hydroxyl groups is 1. The van der Waals surface area contributed by atoms with Gasteiger partial charge in [-0.1, -0.05) is 11.6 Å². The van der Waals surface area contributed by atoms with Crippen molar-refractivity contribution in [2.75, 3.05) is 6.61 Å². The number of esters is 1. The van der Waals surface area contributed by atoms with E-state index in [2.05, 4.69) is 4.74 Å². The summed E-state index contributed by atoms with van der Waals surface area (Å²) in [5.41, 5.74) is -0.843. The predicted octanol–water partition coefficient (Wildman–Crippen LogP) is 1.28. The molecule has 0 radical (unpaired) electrons. The summed E-state index contributed by atoms with van der Waals surface area (Å²) in [4.78, 5) is 10.7. The molecule has 0 saturated heterocycles. The number of halogens is 1. The highest BCUT2D eigenvalue weighted by Crippen LogP contribution is 2.04. The van der Waals surface area contributed by atoms with Crippen LogP contribution >= 0.6 is 11.6 Å². The normalized spacial score (nSPS) is 12.6. The Balaban J connectivity index is 3.17. The van der Waals surface area contributed by atoms with Crippen molar-refractivity contribution in [3.63, 3.8) is 0 Å². The van der Waals surface area contributed by atoms with Crippen molar-refractivity contribution in [1.29, 1.82) is 0 Å². The fraction of sp³-hybridized carbons (Fsp3) is 0.857. The van der Waals surface area contributed by atoms with Crippen LogP contribution in [-0.2, 0) is 9.53 Å². The number of hydrogen-bond acceptors (Lipinski definition) is 3. The molecule has 0 rings (SSSR count). The predicted molar refractivity (Wildman–Crippen MR) is 42.3 cm³/mol. The van der Waals surface area contributed by atoms with Gasteiger partial charge in [0.2, 0.25) is 0 Å². The van der Waals surface area contributed by atoms with Crippen molar-refractivity contribution < 1.29 is 14.6 Å². The van der Waals surface area contributed by atoms with Gasteiger partial charge in [-0.3, -0.25) is 4.79 Å². The van der Waals surface area contributed by atoms with E-state index in [1.165, 1.54) is 0 Å². The van der Waals surface area contributed by atoms with E-state index in [4.69, 9.17) is 16.7 Å². The Labute approximate surface area is 71.3 Å². The molecule has 0 fully saturated rings. The van der Waals surface area contributed by atoms with Crippen LogP contribution in [0.1, 0.15) is 26.2 Å². The summed E-state index contributed by atoms with van der Waals surface area (Å²) < 4.78 is 4.66. The van der Waals surface area contributed by atoms with E-state index in [9.17, 15) is 4.79 Å². The highest BCUT2D eigenvalue weighted by Gasteiger charge is 2.03. The summed E-state index contributed by atoms with van der Waals surface area (Å²) in [5.74, 6) is -0.232. The highest BCUT2D eigenvalue weighted by molar-refractivity contribution is 6.19. The summed E-state index contributed by atoms with van der Waals surface area (Å²) in [6.45, 7) is 2.16. The molecule has 3 nitrogen and oxygen atoms in total. The minimum absolute atomic E-state index is 0.232. The molecule has 0 spiro atoms. The highest BCUT2D eigenvalue weighted by atomic mass is 35.5. The summed E-state index contributed by atoms with van der Waals surface area (Å²) in [7, 11) is 0. The molecule has 66 valence electrons. The second kappa shape index (κ2) is 6.43. The standard InChI is InChI=1S/C7H13ClO3/c1-2-11-7(10)5-3-4-6(8)9/h6,9H,2-5H2,1H3. The quantitative estimate of drug-likeness (QED) is 0.512. The maximum atomic E-state index is 10.7. The number of rotatable bonds is 5. The molecule has 1 unspecified atom stereocenters. The fourth-order valence-corrected chi connectivity index (χ4v) is 0.802. The molecular formula is C7H13ClO3. The van der Waals surface area contributed by atoms with Gasteiger partial charge in [-0.15, -0.1) is 0 Å². The van der Waals surface area contributed by atoms with Crippen molar-refractivity contribution in [2.45, 2.75) is 31.7 Å².